The van der Waals surface area contributed by atoms with E-state index in [-0.39, 0.29) is 24.7 Å². The van der Waals surface area contributed by atoms with Crippen molar-refractivity contribution in [3.63, 3.8) is 0 Å². The first-order valence-corrected chi connectivity index (χ1v) is 7.64. The summed E-state index contributed by atoms with van der Waals surface area (Å²) in [6.45, 7) is 1.31. The molecule has 2 heterocycles. The second kappa shape index (κ2) is 6.54. The third-order valence-electron chi connectivity index (χ3n) is 3.74. The van der Waals surface area contributed by atoms with E-state index in [1.165, 1.54) is 4.90 Å². The number of cyclic esters (lactones) is 1. The fraction of sp³-hybridized carbons (Fsp3) is 0.467. The molecule has 2 amide bonds. The third kappa shape index (κ3) is 3.34. The summed E-state index contributed by atoms with van der Waals surface area (Å²) in [5.74, 6) is -0.140. The van der Waals surface area contributed by atoms with Crippen LogP contribution in [0.4, 0.5) is 10.5 Å². The first-order chi connectivity index (χ1) is 10.6. The molecule has 7 heteroatoms. The highest BCUT2D eigenvalue weighted by Crippen LogP contribution is 2.23. The number of amides is 2. The summed E-state index contributed by atoms with van der Waals surface area (Å²) in [7, 11) is 0. The molecule has 2 saturated heterocycles. The van der Waals surface area contributed by atoms with Crippen molar-refractivity contribution in [2.75, 3.05) is 24.6 Å². The molecule has 2 unspecified atom stereocenters. The molecule has 3 rings (SSSR count). The number of nitrogens with zero attached hydrogens (tertiary/aromatic N) is 1. The van der Waals surface area contributed by atoms with Crippen molar-refractivity contribution >= 4 is 29.3 Å². The van der Waals surface area contributed by atoms with Crippen LogP contribution in [0.3, 0.4) is 0 Å². The van der Waals surface area contributed by atoms with Gasteiger partial charge in [-0.3, -0.25) is 9.69 Å². The van der Waals surface area contributed by atoms with Crippen molar-refractivity contribution in [2.45, 2.75) is 25.0 Å². The Morgan fingerprint density at radius 2 is 2.14 bits per heavy atom. The van der Waals surface area contributed by atoms with Crippen molar-refractivity contribution in [3.8, 4) is 0 Å². The lowest BCUT2D eigenvalue weighted by Gasteiger charge is -2.14. The molecule has 1 aromatic carbocycles. The summed E-state index contributed by atoms with van der Waals surface area (Å²) in [5.41, 5.74) is 0.724. The molecule has 0 aromatic heterocycles. The smallest absolute Gasteiger partial charge is 0.414 e. The second-order valence-electron chi connectivity index (χ2n) is 5.34. The number of carbonyl (C=O) groups is 2. The highest BCUT2D eigenvalue weighted by Gasteiger charge is 2.33. The van der Waals surface area contributed by atoms with Gasteiger partial charge in [0.15, 0.2) is 0 Å². The molecule has 0 spiro atoms. The van der Waals surface area contributed by atoms with Crippen LogP contribution in [0, 0.1) is 0 Å². The average Bonchev–Trinajstić information content (AvgIpc) is 3.15. The number of benzene rings is 1. The molecule has 0 aliphatic carbocycles. The highest BCUT2D eigenvalue weighted by molar-refractivity contribution is 6.30. The van der Waals surface area contributed by atoms with E-state index in [0.29, 0.717) is 18.2 Å². The van der Waals surface area contributed by atoms with Gasteiger partial charge in [-0.15, -0.1) is 0 Å². The minimum absolute atomic E-state index is 0.140. The van der Waals surface area contributed by atoms with E-state index in [0.717, 1.165) is 18.5 Å². The van der Waals surface area contributed by atoms with Crippen molar-refractivity contribution in [3.05, 3.63) is 29.3 Å². The summed E-state index contributed by atoms with van der Waals surface area (Å²) in [5, 5.41) is 3.39. The Kier molecular flexibility index (Phi) is 4.49. The molecule has 2 fully saturated rings. The zero-order valence-corrected chi connectivity index (χ0v) is 12.7. The molecular formula is C15H17ClN2O4. The standard InChI is InChI=1S/C15H17ClN2O4/c16-10-3-5-11(6-4-10)18-9-12(22-15(18)20)8-17-14(19)13-2-1-7-21-13/h3-6,12-13H,1-2,7-9H2,(H,17,19). The fourth-order valence-electron chi connectivity index (χ4n) is 2.57. The Labute approximate surface area is 133 Å². The minimum Gasteiger partial charge on any atom is -0.442 e. The van der Waals surface area contributed by atoms with Gasteiger partial charge in [-0.2, -0.15) is 0 Å². The fourth-order valence-corrected chi connectivity index (χ4v) is 2.70. The zero-order valence-electron chi connectivity index (χ0n) is 12.0. The molecule has 2 aliphatic heterocycles. The maximum atomic E-state index is 11.9. The summed E-state index contributed by atoms with van der Waals surface area (Å²) < 4.78 is 10.6. The highest BCUT2D eigenvalue weighted by atomic mass is 35.5. The monoisotopic (exact) mass is 324 g/mol. The normalized spacial score (nSPS) is 24.4. The lowest BCUT2D eigenvalue weighted by molar-refractivity contribution is -0.130. The Morgan fingerprint density at radius 1 is 1.36 bits per heavy atom. The van der Waals surface area contributed by atoms with Gasteiger partial charge in [0.1, 0.15) is 12.2 Å². The maximum absolute atomic E-state index is 11.9. The maximum Gasteiger partial charge on any atom is 0.414 e. The van der Waals surface area contributed by atoms with Crippen LogP contribution in [0.2, 0.25) is 5.02 Å². The van der Waals surface area contributed by atoms with E-state index < -0.39 is 6.09 Å². The molecular weight excluding hydrogens is 308 g/mol. The van der Waals surface area contributed by atoms with Crippen molar-refractivity contribution in [1.82, 2.24) is 5.32 Å². The number of ether oxygens (including phenoxy) is 2. The van der Waals surface area contributed by atoms with Gasteiger partial charge >= 0.3 is 6.09 Å². The molecule has 22 heavy (non-hydrogen) atoms. The van der Waals surface area contributed by atoms with E-state index in [9.17, 15) is 9.59 Å². The topological polar surface area (TPSA) is 67.9 Å². The number of hydrogen-bond acceptors (Lipinski definition) is 4. The minimum atomic E-state index is -0.418. The van der Waals surface area contributed by atoms with E-state index in [1.54, 1.807) is 24.3 Å². The predicted molar refractivity (Wildman–Crippen MR) is 81.1 cm³/mol. The molecule has 1 N–H and O–H groups in total. The molecule has 2 aliphatic rings. The van der Waals surface area contributed by atoms with Gasteiger partial charge in [0.05, 0.1) is 13.1 Å². The van der Waals surface area contributed by atoms with E-state index in [2.05, 4.69) is 5.32 Å². The predicted octanol–water partition coefficient (Wildman–Crippen LogP) is 1.96. The molecule has 118 valence electrons. The van der Waals surface area contributed by atoms with E-state index in [4.69, 9.17) is 21.1 Å². The van der Waals surface area contributed by atoms with Crippen LogP contribution in [-0.2, 0) is 14.3 Å². The van der Waals surface area contributed by atoms with Gasteiger partial charge in [-0.25, -0.2) is 4.79 Å². The first-order valence-electron chi connectivity index (χ1n) is 7.26. The molecule has 0 bridgehead atoms. The van der Waals surface area contributed by atoms with Crippen LogP contribution in [-0.4, -0.2) is 43.9 Å². The van der Waals surface area contributed by atoms with E-state index >= 15 is 0 Å². The lowest BCUT2D eigenvalue weighted by atomic mass is 10.2. The van der Waals surface area contributed by atoms with Gasteiger partial charge in [0, 0.05) is 17.3 Å². The summed E-state index contributed by atoms with van der Waals surface area (Å²) in [6.07, 6.45) is 0.491. The molecule has 6 nitrogen and oxygen atoms in total. The van der Waals surface area contributed by atoms with Gasteiger partial charge < -0.3 is 14.8 Å². The molecule has 0 saturated carbocycles. The van der Waals surface area contributed by atoms with Gasteiger partial charge in [-0.05, 0) is 37.1 Å². The number of halogens is 1. The van der Waals surface area contributed by atoms with E-state index in [1.807, 2.05) is 0 Å². The number of nitrogens with one attached hydrogen (secondary N) is 1. The van der Waals surface area contributed by atoms with Gasteiger partial charge in [-0.1, -0.05) is 11.6 Å². The van der Waals surface area contributed by atoms with Crippen molar-refractivity contribution < 1.29 is 19.1 Å². The number of anilines is 1. The quantitative estimate of drug-likeness (QED) is 0.919. The van der Waals surface area contributed by atoms with Gasteiger partial charge in [0.2, 0.25) is 5.91 Å². The van der Waals surface area contributed by atoms with Crippen LogP contribution in [0.1, 0.15) is 12.8 Å². The van der Waals surface area contributed by atoms with Crippen LogP contribution in [0.15, 0.2) is 24.3 Å². The number of carbonyl (C=O) groups excluding carboxylic acids is 2. The Balaban J connectivity index is 1.53. The van der Waals surface area contributed by atoms with Crippen LogP contribution in [0.5, 0.6) is 0 Å². The summed E-state index contributed by atoms with van der Waals surface area (Å²) >= 11 is 5.84. The second-order valence-corrected chi connectivity index (χ2v) is 5.78. The Bertz CT molecular complexity index is 557. The molecule has 2 atom stereocenters. The largest absolute Gasteiger partial charge is 0.442 e. The van der Waals surface area contributed by atoms with Crippen LogP contribution >= 0.6 is 11.6 Å². The van der Waals surface area contributed by atoms with Crippen LogP contribution in [0.25, 0.3) is 0 Å². The van der Waals surface area contributed by atoms with Crippen molar-refractivity contribution in [1.29, 1.82) is 0 Å². The van der Waals surface area contributed by atoms with Crippen LogP contribution < -0.4 is 10.2 Å². The Hall–Kier alpha value is -1.79. The van der Waals surface area contributed by atoms with Crippen molar-refractivity contribution in [2.24, 2.45) is 0 Å². The molecule has 1 aromatic rings. The summed E-state index contributed by atoms with van der Waals surface area (Å²) in [6, 6.07) is 6.96. The number of hydrogen-bond donors (Lipinski definition) is 1. The lowest BCUT2D eigenvalue weighted by Crippen LogP contribution is -2.40. The first kappa shape index (κ1) is 15.1. The van der Waals surface area contributed by atoms with Gasteiger partial charge in [0.25, 0.3) is 0 Å². The molecule has 0 radical (unpaired) electrons. The Morgan fingerprint density at radius 3 is 2.82 bits per heavy atom. The summed E-state index contributed by atoms with van der Waals surface area (Å²) in [4.78, 5) is 25.3. The third-order valence-corrected chi connectivity index (χ3v) is 3.99. The SMILES string of the molecule is O=C(NCC1CN(c2ccc(Cl)cc2)C(=O)O1)C1CCCO1. The average molecular weight is 325 g/mol. The zero-order chi connectivity index (χ0) is 15.5. The number of rotatable bonds is 4.